The van der Waals surface area contributed by atoms with Crippen LogP contribution in [0.4, 0.5) is 0 Å². The van der Waals surface area contributed by atoms with Crippen molar-refractivity contribution >= 4 is 5.91 Å². The minimum Gasteiger partial charge on any atom is -0.394 e. The minimum atomic E-state index is -1.98. The van der Waals surface area contributed by atoms with Gasteiger partial charge in [0.05, 0.1) is 38.6 Å². The van der Waals surface area contributed by atoms with E-state index < -0.39 is 124 Å². The number of carbonyl (C=O) groups excluding carboxylic acids is 1. The summed E-state index contributed by atoms with van der Waals surface area (Å²) >= 11 is 0. The van der Waals surface area contributed by atoms with E-state index in [4.69, 9.17) is 28.4 Å². The van der Waals surface area contributed by atoms with Crippen molar-refractivity contribution in [3.63, 3.8) is 0 Å². The normalized spacial score (nSPS) is 25.8. The van der Waals surface area contributed by atoms with E-state index in [0.717, 1.165) is 51.4 Å². The first-order valence-corrected chi connectivity index (χ1v) is 44.0. The number of hydrogen-bond donors (Lipinski definition) is 12. The van der Waals surface area contributed by atoms with E-state index in [2.05, 4.69) is 67.8 Å². The number of unbranched alkanes of at least 4 members (excludes halogenated alkanes) is 47. The summed E-state index contributed by atoms with van der Waals surface area (Å²) < 4.78 is 34.5. The Balaban J connectivity index is 1.30. The van der Waals surface area contributed by atoms with Gasteiger partial charge in [0.2, 0.25) is 5.91 Å². The fraction of sp³-hybridized carbons (Fsp3) is 0.875. The molecular formula is C88H161NO18. The van der Waals surface area contributed by atoms with Crippen molar-refractivity contribution in [3.8, 4) is 0 Å². The first-order chi connectivity index (χ1) is 52.3. The monoisotopic (exact) mass is 1520 g/mol. The maximum Gasteiger partial charge on any atom is 0.220 e. The molecule has 3 saturated heterocycles. The molecule has 3 aliphatic heterocycles. The number of carbonyl (C=O) groups is 1. The van der Waals surface area contributed by atoms with Gasteiger partial charge in [0.25, 0.3) is 0 Å². The van der Waals surface area contributed by atoms with E-state index in [-0.39, 0.29) is 18.9 Å². The van der Waals surface area contributed by atoms with Crippen LogP contribution in [-0.2, 0) is 33.2 Å². The highest BCUT2D eigenvalue weighted by Gasteiger charge is 2.54. The molecule has 19 nitrogen and oxygen atoms in total. The third kappa shape index (κ3) is 47.1. The number of aliphatic hydroxyl groups excluding tert-OH is 11. The molecule has 0 aromatic heterocycles. The number of amides is 1. The Bertz CT molecular complexity index is 2160. The van der Waals surface area contributed by atoms with Crippen LogP contribution in [0.5, 0.6) is 0 Å². The number of ether oxygens (including phenoxy) is 6. The molecule has 12 N–H and O–H groups in total. The van der Waals surface area contributed by atoms with Crippen LogP contribution in [0.1, 0.15) is 361 Å². The van der Waals surface area contributed by atoms with Gasteiger partial charge in [-0.1, -0.05) is 338 Å². The fourth-order valence-electron chi connectivity index (χ4n) is 14.7. The third-order valence-electron chi connectivity index (χ3n) is 21.8. The first kappa shape index (κ1) is 98.7. The average Bonchev–Trinajstić information content (AvgIpc) is 0.782. The lowest BCUT2D eigenvalue weighted by molar-refractivity contribution is -0.379. The quantitative estimate of drug-likeness (QED) is 0.0199. The van der Waals surface area contributed by atoms with E-state index in [1.165, 1.54) is 276 Å². The van der Waals surface area contributed by atoms with Crippen molar-refractivity contribution in [3.05, 3.63) is 60.8 Å². The van der Waals surface area contributed by atoms with Crippen molar-refractivity contribution in [1.82, 2.24) is 5.32 Å². The molecule has 17 unspecified atom stereocenters. The molecule has 0 aromatic rings. The summed E-state index contributed by atoms with van der Waals surface area (Å²) in [4.78, 5) is 13.5. The van der Waals surface area contributed by atoms with Crippen LogP contribution in [-0.4, -0.2) is 193 Å². The van der Waals surface area contributed by atoms with Gasteiger partial charge in [-0.3, -0.25) is 4.79 Å². The number of aliphatic hydroxyl groups is 11. The van der Waals surface area contributed by atoms with E-state index in [1.807, 2.05) is 6.08 Å². The zero-order chi connectivity index (χ0) is 77.4. The lowest BCUT2D eigenvalue weighted by Crippen LogP contribution is -2.66. The highest BCUT2D eigenvalue weighted by Crippen LogP contribution is 2.33. The molecule has 17 atom stereocenters. The van der Waals surface area contributed by atoms with Crippen molar-refractivity contribution < 1.29 is 89.4 Å². The Morgan fingerprint density at radius 2 is 0.626 bits per heavy atom. The molecule has 3 aliphatic rings. The van der Waals surface area contributed by atoms with Gasteiger partial charge in [-0.15, -0.1) is 0 Å². The zero-order valence-electron chi connectivity index (χ0n) is 67.4. The molecule has 107 heavy (non-hydrogen) atoms. The van der Waals surface area contributed by atoms with E-state index in [0.29, 0.717) is 12.8 Å². The zero-order valence-corrected chi connectivity index (χ0v) is 67.4. The van der Waals surface area contributed by atoms with Gasteiger partial charge in [-0.2, -0.15) is 0 Å². The van der Waals surface area contributed by atoms with E-state index in [9.17, 15) is 61.0 Å². The van der Waals surface area contributed by atoms with Crippen LogP contribution >= 0.6 is 0 Å². The van der Waals surface area contributed by atoms with Crippen molar-refractivity contribution in [2.24, 2.45) is 0 Å². The summed E-state index contributed by atoms with van der Waals surface area (Å²) in [5.41, 5.74) is 0. The first-order valence-electron chi connectivity index (χ1n) is 44.0. The highest BCUT2D eigenvalue weighted by molar-refractivity contribution is 5.76. The van der Waals surface area contributed by atoms with Crippen LogP contribution in [0.25, 0.3) is 0 Å². The molecule has 0 spiro atoms. The van der Waals surface area contributed by atoms with Crippen LogP contribution < -0.4 is 5.32 Å². The third-order valence-corrected chi connectivity index (χ3v) is 21.8. The second-order valence-corrected chi connectivity index (χ2v) is 31.3. The Morgan fingerprint density at radius 1 is 0.336 bits per heavy atom. The lowest BCUT2D eigenvalue weighted by atomic mass is 9.96. The van der Waals surface area contributed by atoms with Gasteiger partial charge in [-0.05, 0) is 77.0 Å². The Labute approximate surface area is 649 Å². The van der Waals surface area contributed by atoms with E-state index >= 15 is 0 Å². The molecular weight excluding hydrogens is 1360 g/mol. The molecule has 626 valence electrons. The molecule has 0 saturated carbocycles. The van der Waals surface area contributed by atoms with Gasteiger partial charge >= 0.3 is 0 Å². The fourth-order valence-corrected chi connectivity index (χ4v) is 14.7. The molecule has 0 bridgehead atoms. The lowest BCUT2D eigenvalue weighted by Gasteiger charge is -2.48. The van der Waals surface area contributed by atoms with Gasteiger partial charge in [0, 0.05) is 6.42 Å². The Morgan fingerprint density at radius 3 is 0.991 bits per heavy atom. The number of hydrogen-bond acceptors (Lipinski definition) is 18. The topological polar surface area (TPSA) is 307 Å². The molecule has 1 amide bonds. The molecule has 3 fully saturated rings. The SMILES string of the molecule is CCCCCCC/C=C\C/C=C\CCCCCCCCCCCCCCCCCCCCCCCCCCCCCCCC(=O)NC(COC1OC(CO)C(OC2OC(CO)C(OC3OC(CO)C(O)C(O)C3O)C(O)C2O)C(O)C1O)C(O)/C=C/CC/C=C/CC/C=C/CCCCCCCCCCCCC. The molecule has 0 aromatic carbocycles. The van der Waals surface area contributed by atoms with Crippen LogP contribution in [0, 0.1) is 0 Å². The van der Waals surface area contributed by atoms with Gasteiger partial charge in [0.1, 0.15) is 73.2 Å². The van der Waals surface area contributed by atoms with Crippen molar-refractivity contribution in [1.29, 1.82) is 0 Å². The van der Waals surface area contributed by atoms with Gasteiger partial charge in [0.15, 0.2) is 18.9 Å². The average molecular weight is 1520 g/mol. The second-order valence-electron chi connectivity index (χ2n) is 31.3. The molecule has 3 rings (SSSR count). The predicted molar refractivity (Wildman–Crippen MR) is 429 cm³/mol. The summed E-state index contributed by atoms with van der Waals surface area (Å²) in [6.07, 6.45) is 62.5. The van der Waals surface area contributed by atoms with Crippen LogP contribution in [0.3, 0.4) is 0 Å². The summed E-state index contributed by atoms with van der Waals surface area (Å²) in [6, 6.07) is -0.998. The smallest absolute Gasteiger partial charge is 0.220 e. The number of nitrogens with one attached hydrogen (secondary N) is 1. The largest absolute Gasteiger partial charge is 0.394 e. The summed E-state index contributed by atoms with van der Waals surface area (Å²) in [5.74, 6) is -0.283. The molecule has 3 heterocycles. The molecule has 19 heteroatoms. The summed E-state index contributed by atoms with van der Waals surface area (Å²) in [7, 11) is 0. The second kappa shape index (κ2) is 67.9. The van der Waals surface area contributed by atoms with Crippen molar-refractivity contribution in [2.45, 2.75) is 465 Å². The molecule has 0 aliphatic carbocycles. The summed E-state index contributed by atoms with van der Waals surface area (Å²) in [6.45, 7) is 1.74. The standard InChI is InChI=1S/C88H161NO18/c1-3-5-7-9-11-13-15-17-19-21-23-25-26-27-28-29-30-31-32-33-34-35-36-37-38-39-40-41-42-43-44-46-48-50-52-54-56-58-60-62-64-66-76(94)89-71(72(93)65-63-61-59-57-55-53-51-49-47-45-24-22-20-18-16-14-12-10-8-6-4-2)70-102-86-82(100)79(97)84(74(68-91)104-86)107-88-83(101)80(98)85(75(69-92)105-88)106-87-81(99)78(96)77(95)73(67-90)103-87/h15,17,21,23,47,49,55,57,63,65,71-75,77-88,90-93,95-101H,3-14,16,18-20,22,24-46,48,50-54,56,58-62,64,66-70H2,1-2H3,(H,89,94)/b17-15-,23-21-,49-47+,57-55+,65-63+. The summed E-state index contributed by atoms with van der Waals surface area (Å²) in [5, 5.41) is 121. The predicted octanol–water partition coefficient (Wildman–Crippen LogP) is 16.2. The minimum absolute atomic E-state index is 0.235. The maximum absolute atomic E-state index is 13.5. The van der Waals surface area contributed by atoms with Crippen LogP contribution in [0.2, 0.25) is 0 Å². The Kier molecular flexibility index (Phi) is 62.7. The van der Waals surface area contributed by atoms with E-state index in [1.54, 1.807) is 6.08 Å². The van der Waals surface area contributed by atoms with Crippen LogP contribution in [0.15, 0.2) is 60.8 Å². The van der Waals surface area contributed by atoms with Gasteiger partial charge in [-0.25, -0.2) is 0 Å². The van der Waals surface area contributed by atoms with Gasteiger partial charge < -0.3 is 89.9 Å². The van der Waals surface area contributed by atoms with Crippen molar-refractivity contribution in [2.75, 3.05) is 26.4 Å². The Hall–Kier alpha value is -2.51. The maximum atomic E-state index is 13.5. The highest BCUT2D eigenvalue weighted by atomic mass is 16.8. The number of rotatable bonds is 71. The number of allylic oxidation sites excluding steroid dienone is 9. The molecule has 0 radical (unpaired) electrons.